The van der Waals surface area contributed by atoms with E-state index in [9.17, 15) is 28.1 Å². The third-order valence-corrected chi connectivity index (χ3v) is 5.12. The maximum Gasteiger partial charge on any atom is 0.416 e. The van der Waals surface area contributed by atoms with Gasteiger partial charge in [0, 0.05) is 19.6 Å². The van der Waals surface area contributed by atoms with Gasteiger partial charge in [-0.15, -0.1) is 0 Å². The second kappa shape index (κ2) is 9.79. The first kappa shape index (κ1) is 23.2. The zero-order valence-electron chi connectivity index (χ0n) is 17.3. The summed E-state index contributed by atoms with van der Waals surface area (Å²) in [4.78, 5) is 32.6. The molecule has 0 amide bonds. The van der Waals surface area contributed by atoms with Gasteiger partial charge in [0.1, 0.15) is 6.20 Å². The van der Waals surface area contributed by atoms with Crippen LogP contribution in [0.15, 0.2) is 30.5 Å². The van der Waals surface area contributed by atoms with E-state index in [1.54, 1.807) is 11.8 Å². The second-order valence-electron chi connectivity index (χ2n) is 7.18. The number of piperidine rings is 1. The topological polar surface area (TPSA) is 110 Å². The number of ether oxygens (including phenoxy) is 1. The first-order chi connectivity index (χ1) is 15.2. The Balaban J connectivity index is 1.77. The van der Waals surface area contributed by atoms with Gasteiger partial charge in [0.15, 0.2) is 0 Å². The maximum atomic E-state index is 13.2. The van der Waals surface area contributed by atoms with Gasteiger partial charge in [-0.1, -0.05) is 18.2 Å². The highest BCUT2D eigenvalue weighted by Gasteiger charge is 2.33. The molecule has 3 rings (SSSR count). The number of nitro groups is 1. The number of hydrogen-bond donors (Lipinski definition) is 1. The van der Waals surface area contributed by atoms with E-state index in [0.717, 1.165) is 12.3 Å². The van der Waals surface area contributed by atoms with Crippen LogP contribution in [0, 0.1) is 16.0 Å². The minimum atomic E-state index is -4.55. The number of nitrogens with zero attached hydrogens (tertiary/aromatic N) is 4. The Morgan fingerprint density at radius 2 is 2.00 bits per heavy atom. The third kappa shape index (κ3) is 5.42. The van der Waals surface area contributed by atoms with Crippen LogP contribution in [0.5, 0.6) is 0 Å². The monoisotopic (exact) mass is 453 g/mol. The predicted molar refractivity (Wildman–Crippen MR) is 109 cm³/mol. The van der Waals surface area contributed by atoms with Crippen molar-refractivity contribution in [3.63, 3.8) is 0 Å². The molecule has 12 heteroatoms. The molecule has 0 spiro atoms. The molecule has 172 valence electrons. The summed E-state index contributed by atoms with van der Waals surface area (Å²) in [6.07, 6.45) is -2.50. The summed E-state index contributed by atoms with van der Waals surface area (Å²) in [6.45, 7) is 2.61. The molecule has 1 saturated heterocycles. The van der Waals surface area contributed by atoms with Gasteiger partial charge in [0.25, 0.3) is 0 Å². The van der Waals surface area contributed by atoms with Crippen molar-refractivity contribution in [3.8, 4) is 0 Å². The minimum Gasteiger partial charge on any atom is -0.466 e. The molecule has 0 bridgehead atoms. The van der Waals surface area contributed by atoms with Crippen LogP contribution in [0.3, 0.4) is 0 Å². The molecule has 0 unspecified atom stereocenters. The molecule has 2 aromatic rings. The summed E-state index contributed by atoms with van der Waals surface area (Å²) < 4.78 is 44.7. The number of aromatic nitrogens is 2. The number of anilines is 2. The number of nitrogens with one attached hydrogen (secondary N) is 1. The smallest absolute Gasteiger partial charge is 0.416 e. The number of alkyl halides is 3. The van der Waals surface area contributed by atoms with Crippen LogP contribution >= 0.6 is 0 Å². The van der Waals surface area contributed by atoms with Gasteiger partial charge < -0.3 is 15.0 Å². The highest BCUT2D eigenvalue weighted by molar-refractivity contribution is 5.72. The van der Waals surface area contributed by atoms with Gasteiger partial charge in [0.2, 0.25) is 11.8 Å². The van der Waals surface area contributed by atoms with Crippen LogP contribution in [0.25, 0.3) is 0 Å². The average Bonchev–Trinajstić information content (AvgIpc) is 2.77. The van der Waals surface area contributed by atoms with E-state index in [1.807, 2.05) is 0 Å². The molecule has 1 aliphatic heterocycles. The molecule has 1 fully saturated rings. The zero-order valence-corrected chi connectivity index (χ0v) is 17.3. The van der Waals surface area contributed by atoms with E-state index in [1.165, 1.54) is 18.2 Å². The molecule has 0 saturated carbocycles. The van der Waals surface area contributed by atoms with Crippen LogP contribution < -0.4 is 10.2 Å². The van der Waals surface area contributed by atoms with Gasteiger partial charge in [0.05, 0.1) is 23.0 Å². The Morgan fingerprint density at radius 3 is 2.62 bits per heavy atom. The Bertz CT molecular complexity index is 978. The number of benzene rings is 1. The Kier molecular flexibility index (Phi) is 7.11. The zero-order chi connectivity index (χ0) is 23.3. The lowest BCUT2D eigenvalue weighted by atomic mass is 9.97. The molecule has 1 N–H and O–H groups in total. The van der Waals surface area contributed by atoms with Crippen molar-refractivity contribution >= 4 is 23.4 Å². The summed E-state index contributed by atoms with van der Waals surface area (Å²) in [5, 5.41) is 14.0. The average molecular weight is 453 g/mol. The molecule has 0 radical (unpaired) electrons. The highest BCUT2D eigenvalue weighted by atomic mass is 19.4. The second-order valence-corrected chi connectivity index (χ2v) is 7.18. The number of carbonyl (C=O) groups is 1. The first-order valence-corrected chi connectivity index (χ1v) is 10.0. The number of rotatable bonds is 7. The predicted octanol–water partition coefficient (Wildman–Crippen LogP) is 3.80. The van der Waals surface area contributed by atoms with Gasteiger partial charge in [-0.05, 0) is 31.4 Å². The number of hydrogen-bond acceptors (Lipinski definition) is 8. The normalized spacial score (nSPS) is 14.8. The van der Waals surface area contributed by atoms with Crippen molar-refractivity contribution in [1.82, 2.24) is 9.97 Å². The molecule has 0 aliphatic carbocycles. The SMILES string of the molecule is CCOC(=O)C1CCN(c2ncc([N+](=O)[O-])c(NCc3ccccc3C(F)(F)F)n2)CC1. The Hall–Kier alpha value is -3.44. The quantitative estimate of drug-likeness (QED) is 0.383. The molecule has 9 nitrogen and oxygen atoms in total. The van der Waals surface area contributed by atoms with E-state index in [0.29, 0.717) is 32.5 Å². The summed E-state index contributed by atoms with van der Waals surface area (Å²) >= 11 is 0. The van der Waals surface area contributed by atoms with Gasteiger partial charge >= 0.3 is 17.8 Å². The van der Waals surface area contributed by atoms with Crippen molar-refractivity contribution in [2.75, 3.05) is 29.9 Å². The number of carbonyl (C=O) groups excluding carboxylic acids is 1. The number of halogens is 3. The number of esters is 1. The van der Waals surface area contributed by atoms with Crippen LogP contribution in [0.4, 0.5) is 30.6 Å². The van der Waals surface area contributed by atoms with Crippen molar-refractivity contribution < 1.29 is 27.6 Å². The van der Waals surface area contributed by atoms with Crippen molar-refractivity contribution in [2.24, 2.45) is 5.92 Å². The Labute approximate surface area is 181 Å². The summed E-state index contributed by atoms with van der Waals surface area (Å²) in [5.41, 5.74) is -1.34. The van der Waals surface area contributed by atoms with Gasteiger partial charge in [-0.25, -0.2) is 4.98 Å². The van der Waals surface area contributed by atoms with Crippen LogP contribution in [-0.2, 0) is 22.3 Å². The third-order valence-electron chi connectivity index (χ3n) is 5.12. The van der Waals surface area contributed by atoms with Crippen molar-refractivity contribution in [3.05, 3.63) is 51.7 Å². The van der Waals surface area contributed by atoms with E-state index < -0.39 is 22.4 Å². The molecule has 1 aliphatic rings. The fourth-order valence-corrected chi connectivity index (χ4v) is 3.49. The maximum absolute atomic E-state index is 13.2. The summed E-state index contributed by atoms with van der Waals surface area (Å²) in [5.74, 6) is -0.475. The molecule has 2 heterocycles. The van der Waals surface area contributed by atoms with E-state index in [2.05, 4.69) is 15.3 Å². The Morgan fingerprint density at radius 1 is 1.31 bits per heavy atom. The molecule has 1 aromatic heterocycles. The van der Waals surface area contributed by atoms with Crippen LogP contribution in [0.1, 0.15) is 30.9 Å². The van der Waals surface area contributed by atoms with E-state index in [4.69, 9.17) is 4.74 Å². The minimum absolute atomic E-state index is 0.0651. The largest absolute Gasteiger partial charge is 0.466 e. The molecular weight excluding hydrogens is 431 g/mol. The fraction of sp³-hybridized carbons (Fsp3) is 0.450. The molecule has 32 heavy (non-hydrogen) atoms. The summed E-state index contributed by atoms with van der Waals surface area (Å²) in [6, 6.07) is 4.98. The van der Waals surface area contributed by atoms with E-state index >= 15 is 0 Å². The highest BCUT2D eigenvalue weighted by Crippen LogP contribution is 2.33. The molecule has 0 atom stereocenters. The van der Waals surface area contributed by atoms with Crippen molar-refractivity contribution in [2.45, 2.75) is 32.5 Å². The standard InChI is InChI=1S/C20H22F3N5O4/c1-2-32-18(29)13-7-9-27(10-8-13)19-25-12-16(28(30)31)17(26-19)24-11-14-5-3-4-6-15(14)20(21,22)23/h3-6,12-13H,2,7-11H2,1H3,(H,24,25,26). The lowest BCUT2D eigenvalue weighted by Gasteiger charge is -2.30. The summed E-state index contributed by atoms with van der Waals surface area (Å²) in [7, 11) is 0. The van der Waals surface area contributed by atoms with Gasteiger partial charge in [-0.2, -0.15) is 18.2 Å². The lowest BCUT2D eigenvalue weighted by molar-refractivity contribution is -0.384. The van der Waals surface area contributed by atoms with Crippen molar-refractivity contribution in [1.29, 1.82) is 0 Å². The van der Waals surface area contributed by atoms with Crippen LogP contribution in [-0.4, -0.2) is 40.6 Å². The lowest BCUT2D eigenvalue weighted by Crippen LogP contribution is -2.38. The first-order valence-electron chi connectivity index (χ1n) is 10.0. The van der Waals surface area contributed by atoms with Crippen LogP contribution in [0.2, 0.25) is 0 Å². The fourth-order valence-electron chi connectivity index (χ4n) is 3.49. The molecule has 1 aromatic carbocycles. The molecular formula is C20H22F3N5O4. The van der Waals surface area contributed by atoms with E-state index in [-0.39, 0.29) is 35.8 Å². The van der Waals surface area contributed by atoms with Gasteiger partial charge in [-0.3, -0.25) is 14.9 Å².